The SMILES string of the molecule is Cc1cccc(CNCc2ccoc2C(=O)O)n1. The maximum Gasteiger partial charge on any atom is 0.372 e. The molecular weight excluding hydrogens is 232 g/mol. The number of nitrogens with zero attached hydrogens (tertiary/aromatic N) is 1. The lowest BCUT2D eigenvalue weighted by Crippen LogP contribution is -2.15. The Morgan fingerprint density at radius 2 is 2.22 bits per heavy atom. The molecule has 2 aromatic heterocycles. The van der Waals surface area contributed by atoms with E-state index >= 15 is 0 Å². The second-order valence-electron chi connectivity index (χ2n) is 3.95. The highest BCUT2D eigenvalue weighted by molar-refractivity contribution is 5.86. The van der Waals surface area contributed by atoms with Crippen LogP contribution < -0.4 is 5.32 Å². The standard InChI is InChI=1S/C13H14N2O3/c1-9-3-2-4-11(15-9)8-14-7-10-5-6-18-12(10)13(16)17/h2-6,14H,7-8H2,1H3,(H,16,17). The number of hydrogen-bond donors (Lipinski definition) is 2. The Kier molecular flexibility index (Phi) is 3.74. The molecule has 0 aliphatic rings. The quantitative estimate of drug-likeness (QED) is 0.843. The summed E-state index contributed by atoms with van der Waals surface area (Å²) in [4.78, 5) is 15.2. The third-order valence-corrected chi connectivity index (χ3v) is 2.51. The average molecular weight is 246 g/mol. The monoisotopic (exact) mass is 246 g/mol. The lowest BCUT2D eigenvalue weighted by molar-refractivity contribution is 0.0660. The van der Waals surface area contributed by atoms with Crippen LogP contribution >= 0.6 is 0 Å². The minimum atomic E-state index is -1.05. The molecule has 0 bridgehead atoms. The zero-order chi connectivity index (χ0) is 13.0. The van der Waals surface area contributed by atoms with E-state index in [4.69, 9.17) is 9.52 Å². The number of hydrogen-bond acceptors (Lipinski definition) is 4. The van der Waals surface area contributed by atoms with Crippen molar-refractivity contribution in [2.75, 3.05) is 0 Å². The first kappa shape index (κ1) is 12.3. The smallest absolute Gasteiger partial charge is 0.372 e. The fraction of sp³-hybridized carbons (Fsp3) is 0.231. The van der Waals surface area contributed by atoms with Gasteiger partial charge in [0.05, 0.1) is 12.0 Å². The first-order chi connectivity index (χ1) is 8.66. The largest absolute Gasteiger partial charge is 0.475 e. The van der Waals surface area contributed by atoms with Gasteiger partial charge in [-0.05, 0) is 25.1 Å². The van der Waals surface area contributed by atoms with Gasteiger partial charge in [-0.15, -0.1) is 0 Å². The summed E-state index contributed by atoms with van der Waals surface area (Å²) in [5.74, 6) is -1.06. The minimum Gasteiger partial charge on any atom is -0.475 e. The molecule has 0 saturated carbocycles. The van der Waals surface area contributed by atoms with Crippen molar-refractivity contribution in [3.05, 3.63) is 53.2 Å². The van der Waals surface area contributed by atoms with Crippen molar-refractivity contribution >= 4 is 5.97 Å². The topological polar surface area (TPSA) is 75.4 Å². The molecule has 0 saturated heterocycles. The molecule has 0 aliphatic heterocycles. The molecule has 18 heavy (non-hydrogen) atoms. The van der Waals surface area contributed by atoms with Crippen LogP contribution in [0.3, 0.4) is 0 Å². The second kappa shape index (κ2) is 5.46. The number of aryl methyl sites for hydroxylation is 1. The van der Waals surface area contributed by atoms with Crippen molar-refractivity contribution in [1.82, 2.24) is 10.3 Å². The van der Waals surface area contributed by atoms with E-state index in [0.29, 0.717) is 18.7 Å². The van der Waals surface area contributed by atoms with E-state index < -0.39 is 5.97 Å². The van der Waals surface area contributed by atoms with Gasteiger partial charge in [-0.25, -0.2) is 4.79 Å². The van der Waals surface area contributed by atoms with Gasteiger partial charge in [-0.1, -0.05) is 6.07 Å². The number of pyridine rings is 1. The normalized spacial score (nSPS) is 10.5. The molecule has 0 unspecified atom stereocenters. The Labute approximate surface area is 104 Å². The molecular formula is C13H14N2O3. The van der Waals surface area contributed by atoms with Gasteiger partial charge in [-0.2, -0.15) is 0 Å². The van der Waals surface area contributed by atoms with Crippen molar-refractivity contribution in [3.8, 4) is 0 Å². The summed E-state index contributed by atoms with van der Waals surface area (Å²) < 4.78 is 4.89. The Bertz CT molecular complexity index is 549. The van der Waals surface area contributed by atoms with Gasteiger partial charge in [-0.3, -0.25) is 4.98 Å². The fourth-order valence-corrected chi connectivity index (χ4v) is 1.69. The molecule has 5 heteroatoms. The number of aromatic carboxylic acids is 1. The molecule has 5 nitrogen and oxygen atoms in total. The van der Waals surface area contributed by atoms with Crippen molar-refractivity contribution < 1.29 is 14.3 Å². The molecule has 94 valence electrons. The first-order valence-electron chi connectivity index (χ1n) is 5.60. The molecule has 0 aromatic carbocycles. The van der Waals surface area contributed by atoms with Crippen LogP contribution in [0.1, 0.15) is 27.5 Å². The summed E-state index contributed by atoms with van der Waals surface area (Å²) >= 11 is 0. The average Bonchev–Trinajstić information content (AvgIpc) is 2.77. The highest BCUT2D eigenvalue weighted by Crippen LogP contribution is 2.10. The van der Waals surface area contributed by atoms with Gasteiger partial charge in [0.2, 0.25) is 5.76 Å². The number of carboxylic acid groups (broad SMARTS) is 1. The van der Waals surface area contributed by atoms with Crippen LogP contribution in [0.2, 0.25) is 0 Å². The lowest BCUT2D eigenvalue weighted by Gasteiger charge is -2.04. The predicted molar refractivity (Wildman–Crippen MR) is 65.2 cm³/mol. The van der Waals surface area contributed by atoms with Crippen molar-refractivity contribution in [1.29, 1.82) is 0 Å². The summed E-state index contributed by atoms with van der Waals surface area (Å²) in [5.41, 5.74) is 2.52. The van der Waals surface area contributed by atoms with E-state index in [9.17, 15) is 4.79 Å². The molecule has 2 aromatic rings. The van der Waals surface area contributed by atoms with Crippen LogP contribution in [0, 0.1) is 6.92 Å². The van der Waals surface area contributed by atoms with Crippen molar-refractivity contribution in [2.45, 2.75) is 20.0 Å². The molecule has 2 rings (SSSR count). The zero-order valence-corrected chi connectivity index (χ0v) is 10.0. The second-order valence-corrected chi connectivity index (χ2v) is 3.95. The molecule has 2 heterocycles. The van der Waals surface area contributed by atoms with E-state index in [0.717, 1.165) is 11.4 Å². The predicted octanol–water partition coefficient (Wildman–Crippen LogP) is 1.97. The van der Waals surface area contributed by atoms with Crippen LogP contribution in [-0.4, -0.2) is 16.1 Å². The number of rotatable bonds is 5. The maximum atomic E-state index is 10.8. The van der Waals surface area contributed by atoms with Gasteiger partial charge in [0, 0.05) is 24.3 Å². The van der Waals surface area contributed by atoms with E-state index in [1.165, 1.54) is 6.26 Å². The number of carboxylic acids is 1. The Morgan fingerprint density at radius 3 is 2.94 bits per heavy atom. The summed E-state index contributed by atoms with van der Waals surface area (Å²) in [6.07, 6.45) is 1.38. The number of carbonyl (C=O) groups is 1. The van der Waals surface area contributed by atoms with E-state index in [-0.39, 0.29) is 5.76 Å². The highest BCUT2D eigenvalue weighted by Gasteiger charge is 2.12. The first-order valence-corrected chi connectivity index (χ1v) is 5.60. The van der Waals surface area contributed by atoms with Crippen LogP contribution in [0.15, 0.2) is 34.9 Å². The van der Waals surface area contributed by atoms with Gasteiger partial charge in [0.25, 0.3) is 0 Å². The summed E-state index contributed by atoms with van der Waals surface area (Å²) in [7, 11) is 0. The molecule has 0 aliphatic carbocycles. The van der Waals surface area contributed by atoms with E-state index in [1.807, 2.05) is 25.1 Å². The Balaban J connectivity index is 1.92. The molecule has 2 N–H and O–H groups in total. The Hall–Kier alpha value is -2.14. The minimum absolute atomic E-state index is 0.0142. The van der Waals surface area contributed by atoms with Gasteiger partial charge >= 0.3 is 5.97 Å². The summed E-state index contributed by atoms with van der Waals surface area (Å²) in [6, 6.07) is 7.45. The Morgan fingerprint density at radius 1 is 1.39 bits per heavy atom. The van der Waals surface area contributed by atoms with Crippen LogP contribution in [-0.2, 0) is 13.1 Å². The van der Waals surface area contributed by atoms with Crippen LogP contribution in [0.25, 0.3) is 0 Å². The van der Waals surface area contributed by atoms with Crippen LogP contribution in [0.4, 0.5) is 0 Å². The fourth-order valence-electron chi connectivity index (χ4n) is 1.69. The molecule has 0 spiro atoms. The maximum absolute atomic E-state index is 10.8. The number of furan rings is 1. The number of aromatic nitrogens is 1. The molecule has 0 atom stereocenters. The lowest BCUT2D eigenvalue weighted by atomic mass is 10.2. The third kappa shape index (κ3) is 2.95. The summed E-state index contributed by atoms with van der Waals surface area (Å²) in [5, 5.41) is 12.0. The van der Waals surface area contributed by atoms with Crippen LogP contribution in [0.5, 0.6) is 0 Å². The molecule has 0 amide bonds. The zero-order valence-electron chi connectivity index (χ0n) is 10.0. The molecule has 0 fully saturated rings. The van der Waals surface area contributed by atoms with Gasteiger partial charge in [0.1, 0.15) is 0 Å². The third-order valence-electron chi connectivity index (χ3n) is 2.51. The molecule has 0 radical (unpaired) electrons. The van der Waals surface area contributed by atoms with E-state index in [1.54, 1.807) is 6.07 Å². The number of nitrogens with one attached hydrogen (secondary N) is 1. The van der Waals surface area contributed by atoms with E-state index in [2.05, 4.69) is 10.3 Å². The van der Waals surface area contributed by atoms with Gasteiger partial charge < -0.3 is 14.8 Å². The van der Waals surface area contributed by atoms with Crippen molar-refractivity contribution in [3.63, 3.8) is 0 Å². The summed E-state index contributed by atoms with van der Waals surface area (Å²) in [6.45, 7) is 2.96. The van der Waals surface area contributed by atoms with Gasteiger partial charge in [0.15, 0.2) is 0 Å². The van der Waals surface area contributed by atoms with Crippen molar-refractivity contribution in [2.24, 2.45) is 0 Å². The highest BCUT2D eigenvalue weighted by atomic mass is 16.4.